The third-order valence-corrected chi connectivity index (χ3v) is 1.98. The van der Waals surface area contributed by atoms with Crippen LogP contribution in [0.2, 0.25) is 0 Å². The van der Waals surface area contributed by atoms with Crippen molar-refractivity contribution in [1.82, 2.24) is 10.2 Å². The maximum Gasteiger partial charge on any atom is 0.239 e. The molecule has 0 atom stereocenters. The molecule has 0 aliphatic carbocycles. The zero-order chi connectivity index (χ0) is 11.8. The molecule has 15 heavy (non-hydrogen) atoms. The van der Waals surface area contributed by atoms with Gasteiger partial charge in [0.1, 0.15) is 0 Å². The second-order valence-corrected chi connectivity index (χ2v) is 3.88. The smallest absolute Gasteiger partial charge is 0.239 e. The van der Waals surface area contributed by atoms with Gasteiger partial charge in [-0.2, -0.15) is 0 Å². The standard InChI is InChI=1S/C11H22N2O2/c1-5-7-11(15)13(6-2)8-10(14)12-9(3)4/h9H,5-8H2,1-4H3,(H,12,14). The van der Waals surface area contributed by atoms with Gasteiger partial charge in [-0.25, -0.2) is 0 Å². The third-order valence-electron chi connectivity index (χ3n) is 1.98. The molecule has 0 unspecified atom stereocenters. The van der Waals surface area contributed by atoms with E-state index in [1.54, 1.807) is 4.90 Å². The summed E-state index contributed by atoms with van der Waals surface area (Å²) in [6.07, 6.45) is 1.34. The van der Waals surface area contributed by atoms with E-state index in [0.29, 0.717) is 13.0 Å². The van der Waals surface area contributed by atoms with Crippen molar-refractivity contribution in [2.45, 2.75) is 46.6 Å². The van der Waals surface area contributed by atoms with Crippen LogP contribution >= 0.6 is 0 Å². The Morgan fingerprint density at radius 3 is 2.27 bits per heavy atom. The minimum absolute atomic E-state index is 0.0545. The Bertz CT molecular complexity index is 215. The van der Waals surface area contributed by atoms with E-state index in [4.69, 9.17) is 0 Å². The van der Waals surface area contributed by atoms with Gasteiger partial charge in [0.15, 0.2) is 0 Å². The molecule has 0 bridgehead atoms. The summed E-state index contributed by atoms with van der Waals surface area (Å²) in [7, 11) is 0. The topological polar surface area (TPSA) is 49.4 Å². The van der Waals surface area contributed by atoms with E-state index in [-0.39, 0.29) is 24.4 Å². The highest BCUT2D eigenvalue weighted by atomic mass is 16.2. The van der Waals surface area contributed by atoms with Crippen LogP contribution in [0.3, 0.4) is 0 Å². The van der Waals surface area contributed by atoms with Gasteiger partial charge >= 0.3 is 0 Å². The minimum Gasteiger partial charge on any atom is -0.352 e. The molecule has 0 spiro atoms. The van der Waals surface area contributed by atoms with Gasteiger partial charge in [-0.3, -0.25) is 9.59 Å². The highest BCUT2D eigenvalue weighted by Crippen LogP contribution is 1.97. The molecule has 0 saturated carbocycles. The number of hydrogen-bond donors (Lipinski definition) is 1. The van der Waals surface area contributed by atoms with Gasteiger partial charge in [-0.15, -0.1) is 0 Å². The van der Waals surface area contributed by atoms with E-state index in [9.17, 15) is 9.59 Å². The lowest BCUT2D eigenvalue weighted by molar-refractivity contribution is -0.136. The molecule has 0 aliphatic rings. The molecule has 88 valence electrons. The van der Waals surface area contributed by atoms with Gasteiger partial charge < -0.3 is 10.2 Å². The molecule has 0 aromatic carbocycles. The zero-order valence-corrected chi connectivity index (χ0v) is 10.2. The Kier molecular flexibility index (Phi) is 6.75. The van der Waals surface area contributed by atoms with Gasteiger partial charge in [0.25, 0.3) is 0 Å². The van der Waals surface area contributed by atoms with Crippen LogP contribution in [0.1, 0.15) is 40.5 Å². The molecule has 0 fully saturated rings. The second kappa shape index (κ2) is 7.26. The maximum absolute atomic E-state index is 11.5. The van der Waals surface area contributed by atoms with Crippen molar-refractivity contribution < 1.29 is 9.59 Å². The van der Waals surface area contributed by atoms with Crippen molar-refractivity contribution >= 4 is 11.8 Å². The van der Waals surface area contributed by atoms with Gasteiger partial charge in [0.2, 0.25) is 11.8 Å². The molecule has 0 rings (SSSR count). The van der Waals surface area contributed by atoms with E-state index < -0.39 is 0 Å². The summed E-state index contributed by atoms with van der Waals surface area (Å²) >= 11 is 0. The lowest BCUT2D eigenvalue weighted by Crippen LogP contribution is -2.42. The van der Waals surface area contributed by atoms with Crippen molar-refractivity contribution in [1.29, 1.82) is 0 Å². The van der Waals surface area contributed by atoms with Crippen molar-refractivity contribution in [2.75, 3.05) is 13.1 Å². The van der Waals surface area contributed by atoms with Gasteiger partial charge in [-0.05, 0) is 27.2 Å². The molecule has 1 N–H and O–H groups in total. The van der Waals surface area contributed by atoms with E-state index >= 15 is 0 Å². The first kappa shape index (κ1) is 13.9. The Labute approximate surface area is 92.0 Å². The number of carbonyl (C=O) groups excluding carboxylic acids is 2. The summed E-state index contributed by atoms with van der Waals surface area (Å²) < 4.78 is 0. The van der Waals surface area contributed by atoms with Crippen molar-refractivity contribution in [3.8, 4) is 0 Å². The first-order valence-electron chi connectivity index (χ1n) is 5.58. The first-order chi connectivity index (χ1) is 7.01. The predicted molar refractivity (Wildman–Crippen MR) is 60.4 cm³/mol. The minimum atomic E-state index is -0.0868. The van der Waals surface area contributed by atoms with Gasteiger partial charge in [0, 0.05) is 19.0 Å². The summed E-state index contributed by atoms with van der Waals surface area (Å²) in [5, 5.41) is 2.77. The fourth-order valence-corrected chi connectivity index (χ4v) is 1.29. The largest absolute Gasteiger partial charge is 0.352 e. The molecule has 0 heterocycles. The van der Waals surface area contributed by atoms with E-state index in [2.05, 4.69) is 5.32 Å². The number of amides is 2. The summed E-state index contributed by atoms with van der Waals surface area (Å²) in [4.78, 5) is 24.6. The average Bonchev–Trinajstić information content (AvgIpc) is 2.13. The fraction of sp³-hybridized carbons (Fsp3) is 0.818. The number of nitrogens with one attached hydrogen (secondary N) is 1. The fourth-order valence-electron chi connectivity index (χ4n) is 1.29. The molecule has 0 aromatic heterocycles. The van der Waals surface area contributed by atoms with E-state index in [1.165, 1.54) is 0 Å². The predicted octanol–water partition coefficient (Wildman–Crippen LogP) is 1.16. The third kappa shape index (κ3) is 6.10. The quantitative estimate of drug-likeness (QED) is 0.721. The van der Waals surface area contributed by atoms with E-state index in [1.807, 2.05) is 27.7 Å². The molecule has 4 heteroatoms. The van der Waals surface area contributed by atoms with Crippen LogP contribution in [-0.4, -0.2) is 35.8 Å². The zero-order valence-electron chi connectivity index (χ0n) is 10.2. The first-order valence-corrected chi connectivity index (χ1v) is 5.58. The van der Waals surface area contributed by atoms with Gasteiger partial charge in [-0.1, -0.05) is 6.92 Å². The van der Waals surface area contributed by atoms with Crippen LogP contribution < -0.4 is 5.32 Å². The Balaban J connectivity index is 4.08. The Hall–Kier alpha value is -1.06. The number of hydrogen-bond acceptors (Lipinski definition) is 2. The van der Waals surface area contributed by atoms with Crippen LogP contribution in [0.25, 0.3) is 0 Å². The maximum atomic E-state index is 11.5. The number of nitrogens with zero attached hydrogens (tertiary/aromatic N) is 1. The molecule has 2 amide bonds. The highest BCUT2D eigenvalue weighted by Gasteiger charge is 2.14. The molecule has 0 aromatic rings. The second-order valence-electron chi connectivity index (χ2n) is 3.88. The lowest BCUT2D eigenvalue weighted by atomic mass is 10.3. The molecule has 0 saturated heterocycles. The number of rotatable bonds is 6. The van der Waals surface area contributed by atoms with Crippen LogP contribution in [0.4, 0.5) is 0 Å². The number of likely N-dealkylation sites (N-methyl/N-ethyl adjacent to an activating group) is 1. The van der Waals surface area contributed by atoms with Gasteiger partial charge in [0.05, 0.1) is 6.54 Å². The lowest BCUT2D eigenvalue weighted by Gasteiger charge is -2.20. The van der Waals surface area contributed by atoms with Crippen molar-refractivity contribution in [3.05, 3.63) is 0 Å². The van der Waals surface area contributed by atoms with Crippen molar-refractivity contribution in [2.24, 2.45) is 0 Å². The van der Waals surface area contributed by atoms with E-state index in [0.717, 1.165) is 6.42 Å². The molecular formula is C11H22N2O2. The monoisotopic (exact) mass is 214 g/mol. The van der Waals surface area contributed by atoms with Crippen LogP contribution in [0, 0.1) is 0 Å². The molecule has 0 aliphatic heterocycles. The molecule has 0 radical (unpaired) electrons. The average molecular weight is 214 g/mol. The Morgan fingerprint density at radius 1 is 1.27 bits per heavy atom. The Morgan fingerprint density at radius 2 is 1.87 bits per heavy atom. The van der Waals surface area contributed by atoms with Crippen LogP contribution in [0.15, 0.2) is 0 Å². The summed E-state index contributed by atoms with van der Waals surface area (Å²) in [5.74, 6) is -0.0322. The summed E-state index contributed by atoms with van der Waals surface area (Å²) in [6.45, 7) is 8.41. The van der Waals surface area contributed by atoms with Crippen LogP contribution in [-0.2, 0) is 9.59 Å². The molecular weight excluding hydrogens is 192 g/mol. The summed E-state index contributed by atoms with van der Waals surface area (Å²) in [6, 6.07) is 0.123. The summed E-state index contributed by atoms with van der Waals surface area (Å²) in [5.41, 5.74) is 0. The highest BCUT2D eigenvalue weighted by molar-refractivity contribution is 5.84. The van der Waals surface area contributed by atoms with Crippen molar-refractivity contribution in [3.63, 3.8) is 0 Å². The molecule has 4 nitrogen and oxygen atoms in total. The van der Waals surface area contributed by atoms with Crippen LogP contribution in [0.5, 0.6) is 0 Å². The number of carbonyl (C=O) groups is 2. The SMILES string of the molecule is CCCC(=O)N(CC)CC(=O)NC(C)C. The normalized spacial score (nSPS) is 10.2.